The number of hydrogen-bond donors (Lipinski definition) is 19. The summed E-state index contributed by atoms with van der Waals surface area (Å²) in [5, 5.41) is 48.4. The van der Waals surface area contributed by atoms with E-state index in [9.17, 15) is 77.3 Å². The lowest BCUT2D eigenvalue weighted by Crippen LogP contribution is -2.61. The number of carboxylic acid groups (broad SMARTS) is 1. The van der Waals surface area contributed by atoms with Crippen LogP contribution >= 0.6 is 0 Å². The molecule has 2 aliphatic heterocycles. The lowest BCUT2D eigenvalue weighted by Gasteiger charge is -2.31. The maximum absolute atomic E-state index is 15.1. The number of nitrogens with zero attached hydrogens (tertiary/aromatic N) is 3. The molecule has 13 atom stereocenters. The molecule has 656 valence electrons. The zero-order valence-corrected chi connectivity index (χ0v) is 69.3. The number of nitrogens with two attached hydrogens (primary N) is 4. The highest BCUT2D eigenvalue weighted by Gasteiger charge is 2.43. The van der Waals surface area contributed by atoms with Crippen LogP contribution in [0, 0.1) is 11.8 Å². The predicted molar refractivity (Wildman–Crippen MR) is 446 cm³/mol. The fourth-order valence-corrected chi connectivity index (χ4v) is 15.0. The van der Waals surface area contributed by atoms with Crippen molar-refractivity contribution < 1.29 is 82.1 Å². The third kappa shape index (κ3) is 27.9. The van der Waals surface area contributed by atoms with Gasteiger partial charge in [-0.3, -0.25) is 67.1 Å². The summed E-state index contributed by atoms with van der Waals surface area (Å²) in [4.78, 5) is 227. The maximum Gasteiger partial charge on any atom is 0.326 e. The molecule has 0 aliphatic carbocycles. The number of carbonyl (C=O) groups is 15. The fraction of sp³-hybridized carbons (Fsp3) is 0.524. The van der Waals surface area contributed by atoms with Gasteiger partial charge < -0.3 is 111 Å². The van der Waals surface area contributed by atoms with Gasteiger partial charge in [0.05, 0.1) is 18.1 Å². The van der Waals surface area contributed by atoms with Crippen molar-refractivity contribution in [1.82, 2.24) is 82.9 Å². The van der Waals surface area contributed by atoms with Crippen molar-refractivity contribution >= 4 is 110 Å². The Balaban J connectivity index is 0.935. The van der Waals surface area contributed by atoms with Crippen LogP contribution in [0.25, 0.3) is 21.8 Å². The van der Waals surface area contributed by atoms with Crippen molar-refractivity contribution in [2.24, 2.45) is 34.8 Å². The molecule has 2 saturated heterocycles. The number of hydrogen-bond acceptors (Lipinski definition) is 19. The average Bonchev–Trinajstić information content (AvgIpc) is 1.70. The topological polar surface area (TPSA) is 588 Å². The highest BCUT2D eigenvalue weighted by molar-refractivity contribution is 6.01. The molecule has 121 heavy (non-hydrogen) atoms. The number of aromatic hydroxyl groups is 1. The smallest absolute Gasteiger partial charge is 0.326 e. The summed E-state index contributed by atoms with van der Waals surface area (Å²) in [7, 11) is 0. The molecule has 2 fully saturated rings. The molecule has 3 aromatic heterocycles. The number of phenols is 1. The molecule has 0 bridgehead atoms. The molecule has 37 nitrogen and oxygen atoms in total. The minimum absolute atomic E-state index is 0.00954. The van der Waals surface area contributed by atoms with Crippen molar-refractivity contribution in [3.63, 3.8) is 0 Å². The summed E-state index contributed by atoms with van der Waals surface area (Å²) in [6.07, 6.45) is 7.26. The molecule has 0 radical (unpaired) electrons. The number of fused-ring (bicyclic) bond motifs is 2. The first-order valence-corrected chi connectivity index (χ1v) is 41.5. The number of aromatic nitrogens is 4. The minimum atomic E-state index is -1.58. The number of aliphatic carboxylic acids is 1. The van der Waals surface area contributed by atoms with Crippen LogP contribution in [0.3, 0.4) is 0 Å². The number of amides is 14. The Labute approximate surface area is 701 Å². The Kier molecular flexibility index (Phi) is 35.6. The number of para-hydroxylation sites is 2. The highest BCUT2D eigenvalue weighted by atomic mass is 16.4. The van der Waals surface area contributed by atoms with Crippen LogP contribution in [0.4, 0.5) is 0 Å². The Morgan fingerprint density at radius 3 is 1.43 bits per heavy atom. The number of unbranched alkanes of at least 4 members (excludes halogenated alkanes) is 2. The van der Waals surface area contributed by atoms with Gasteiger partial charge in [0.2, 0.25) is 82.7 Å². The van der Waals surface area contributed by atoms with Gasteiger partial charge >= 0.3 is 5.97 Å². The van der Waals surface area contributed by atoms with E-state index in [0.29, 0.717) is 55.3 Å². The van der Waals surface area contributed by atoms with E-state index in [1.54, 1.807) is 52.4 Å². The molecule has 3 aromatic carbocycles. The van der Waals surface area contributed by atoms with E-state index in [1.165, 1.54) is 47.3 Å². The normalized spacial score (nSPS) is 16.7. The molecular formula is C84H118N20O17. The van der Waals surface area contributed by atoms with Crippen LogP contribution in [0.2, 0.25) is 0 Å². The molecule has 5 heterocycles. The lowest BCUT2D eigenvalue weighted by molar-refractivity contribution is -0.144. The zero-order chi connectivity index (χ0) is 88.1. The number of rotatable bonds is 48. The summed E-state index contributed by atoms with van der Waals surface area (Å²) in [6, 6.07) is 3.05. The number of primary amides is 2. The van der Waals surface area contributed by atoms with Gasteiger partial charge in [0.1, 0.15) is 78.3 Å². The second kappa shape index (κ2) is 45.8. The standard InChI is InChI=1S/C84H118N20O17/c1-7-8-19-59(74(110)102-67(84(120)121)38-49-25-27-53(105)28-26-49)95-81(117)69-24-16-35-104(69)83(119)62(30-32-71(88)107)96-72(108)48(6)93-80(116)68-23-15-34-103(68)82(118)61(22-13-14-33-85)97-77(113)64(37-47(4)5)99-75(111)60(29-31-70(87)106)94-76(112)63(36-46(2)3)100-78(114)65(40-51-43-91-58-21-12-10-18-55(51)58)101-79(115)66(41-52-44-89-45-92-52)98-73(109)56(86)39-50-42-90-57-20-11-9-17-54(50)57/h9-12,17-18,20-21,25-28,42-48,56,59-69,90-91,105H,7-8,13-16,19,22-24,29-41,85-86H2,1-6H3,(H2,87,106)(H2,88,107)(H,89,92)(H,93,116)(H,94,112)(H,95,117)(H,96,108)(H,97,113)(H,98,109)(H,99,111)(H,100,114)(H,101,115)(H,102,110)(H,120,121)/t48-,56-,59-,60-,61-,62-,63-,64-,65-,66-,67-,68-,69-/m0/s1. The quantitative estimate of drug-likeness (QED) is 0.0232. The lowest BCUT2D eigenvalue weighted by atomic mass is 9.99. The third-order valence-corrected chi connectivity index (χ3v) is 21.5. The number of aromatic amines is 3. The van der Waals surface area contributed by atoms with Crippen LogP contribution in [0.15, 0.2) is 97.7 Å². The summed E-state index contributed by atoms with van der Waals surface area (Å²) in [5.74, 6) is -13.2. The largest absolute Gasteiger partial charge is 0.508 e. The summed E-state index contributed by atoms with van der Waals surface area (Å²) in [6.45, 7) is 10.6. The average molecular weight is 1680 g/mol. The van der Waals surface area contributed by atoms with Crippen LogP contribution in [-0.2, 0) is 97.6 Å². The fourth-order valence-electron chi connectivity index (χ4n) is 15.0. The predicted octanol–water partition coefficient (Wildman–Crippen LogP) is 0.553. The van der Waals surface area contributed by atoms with Gasteiger partial charge in [0, 0.05) is 85.6 Å². The Morgan fingerprint density at radius 1 is 0.479 bits per heavy atom. The van der Waals surface area contributed by atoms with E-state index in [4.69, 9.17) is 22.9 Å². The number of nitrogens with one attached hydrogen (secondary N) is 13. The van der Waals surface area contributed by atoms with E-state index in [-0.39, 0.29) is 114 Å². The summed E-state index contributed by atoms with van der Waals surface area (Å²) in [5.41, 5.74) is 27.5. The Morgan fingerprint density at radius 2 is 0.917 bits per heavy atom. The second-order valence-corrected chi connectivity index (χ2v) is 32.1. The molecule has 23 N–H and O–H groups in total. The van der Waals surface area contributed by atoms with E-state index in [2.05, 4.69) is 73.1 Å². The molecule has 0 saturated carbocycles. The van der Waals surface area contributed by atoms with Gasteiger partial charge in [-0.2, -0.15) is 0 Å². The highest BCUT2D eigenvalue weighted by Crippen LogP contribution is 2.26. The zero-order valence-electron chi connectivity index (χ0n) is 69.3. The first-order valence-electron chi connectivity index (χ1n) is 41.5. The first kappa shape index (κ1) is 94.2. The van der Waals surface area contributed by atoms with Gasteiger partial charge in [-0.05, 0) is 150 Å². The number of H-pyrrole nitrogens is 3. The van der Waals surface area contributed by atoms with Gasteiger partial charge in [-0.1, -0.05) is 96.0 Å². The summed E-state index contributed by atoms with van der Waals surface area (Å²) >= 11 is 0. The van der Waals surface area contributed by atoms with E-state index < -0.39 is 180 Å². The molecule has 0 unspecified atom stereocenters. The van der Waals surface area contributed by atoms with Crippen molar-refractivity contribution in [3.8, 4) is 5.75 Å². The number of imidazole rings is 1. The van der Waals surface area contributed by atoms with Crippen LogP contribution in [-0.4, -0.2) is 227 Å². The van der Waals surface area contributed by atoms with Gasteiger partial charge in [0.25, 0.3) is 0 Å². The van der Waals surface area contributed by atoms with Crippen molar-refractivity contribution in [3.05, 3.63) is 120 Å². The monoisotopic (exact) mass is 1680 g/mol. The van der Waals surface area contributed by atoms with Gasteiger partial charge in [-0.25, -0.2) is 9.78 Å². The van der Waals surface area contributed by atoms with E-state index >= 15 is 4.79 Å². The molecule has 2 aliphatic rings. The molecule has 6 aromatic rings. The number of phenolic OH excluding ortho intramolecular Hbond substituents is 1. The molecule has 37 heteroatoms. The minimum Gasteiger partial charge on any atom is -0.508 e. The maximum atomic E-state index is 15.1. The SMILES string of the molecule is CCCC[C@H](NC(=O)[C@@H]1CCCN1C(=O)[C@H](CCC(N)=O)NC(=O)[C@H](C)NC(=O)[C@@H]1CCCN1C(=O)[C@H](CCCCN)NC(=O)[C@H](CC(C)C)NC(=O)[C@H](CCC(N)=O)NC(=O)[C@H](CC(C)C)NC(=O)[C@H](Cc1c[nH]c2ccccc12)NC(=O)[C@H](Cc1c[nH]cn1)NC(=O)[C@@H](N)Cc1c[nH]c2ccccc12)C(=O)N[C@@H](Cc1ccc(O)cc1)C(=O)O. The van der Waals surface area contributed by atoms with Crippen molar-refractivity contribution in [1.29, 1.82) is 0 Å². The number of carboxylic acids is 1. The molecule has 8 rings (SSSR count). The molecule has 14 amide bonds. The first-order chi connectivity index (χ1) is 57.7. The van der Waals surface area contributed by atoms with E-state index in [0.717, 1.165) is 27.4 Å². The molecule has 0 spiro atoms. The number of likely N-dealkylation sites (tertiary alicyclic amines) is 2. The Bertz CT molecular complexity index is 4590. The van der Waals surface area contributed by atoms with Crippen LogP contribution in [0.1, 0.15) is 167 Å². The second-order valence-electron chi connectivity index (χ2n) is 32.1. The molecular weight excluding hydrogens is 1560 g/mol. The number of carbonyl (C=O) groups excluding carboxylic acids is 14. The van der Waals surface area contributed by atoms with Crippen molar-refractivity contribution in [2.45, 2.75) is 249 Å². The third-order valence-electron chi connectivity index (χ3n) is 21.5. The Hall–Kier alpha value is -12.3. The van der Waals surface area contributed by atoms with Crippen LogP contribution in [0.5, 0.6) is 5.75 Å². The summed E-state index contributed by atoms with van der Waals surface area (Å²) < 4.78 is 0. The number of benzene rings is 3. The van der Waals surface area contributed by atoms with E-state index in [1.807, 2.05) is 49.4 Å². The van der Waals surface area contributed by atoms with Crippen molar-refractivity contribution in [2.75, 3.05) is 19.6 Å². The van der Waals surface area contributed by atoms with Gasteiger partial charge in [0.15, 0.2) is 0 Å². The van der Waals surface area contributed by atoms with Gasteiger partial charge in [-0.15, -0.1) is 0 Å². The van der Waals surface area contributed by atoms with Crippen LogP contribution < -0.4 is 76.1 Å².